The molecule has 0 aromatic heterocycles. The molecule has 0 spiro atoms. The van der Waals surface area contributed by atoms with E-state index >= 15 is 0 Å². The average Bonchev–Trinajstić information content (AvgIpc) is 1.33. The summed E-state index contributed by atoms with van der Waals surface area (Å²) in [5.41, 5.74) is 0. The van der Waals surface area contributed by atoms with Crippen LogP contribution >= 0.6 is 20.2 Å². The zero-order valence-corrected chi connectivity index (χ0v) is 7.24. The molecule has 0 aromatic carbocycles. The topological polar surface area (TPSA) is 37.3 Å². The molecule has 1 radical (unpaired) electrons. The van der Waals surface area contributed by atoms with Gasteiger partial charge in [-0.3, -0.25) is 4.79 Å². The maximum Gasteiger partial charge on any atom is 0 e. The van der Waals surface area contributed by atoms with Gasteiger partial charge in [0.2, 0.25) is 0 Å². The van der Waals surface area contributed by atoms with Crippen LogP contribution in [0.4, 0.5) is 0 Å². The Morgan fingerprint density at radius 1 is 1.62 bits per heavy atom. The van der Waals surface area contributed by atoms with Gasteiger partial charge in [0.15, 0.2) is 0 Å². The van der Waals surface area contributed by atoms with Gasteiger partial charge in [-0.25, -0.2) is 0 Å². The average molecular weight is 253 g/mol. The first-order chi connectivity index (χ1) is 3.15. The fraction of sp³-hybridized carbons (Fsp3) is 0.500. The maximum absolute atomic E-state index is 9.00. The molecule has 2 nitrogen and oxygen atoms in total. The number of halogens is 2. The van der Waals surface area contributed by atoms with Crippen LogP contribution < -0.4 is 0 Å². The second kappa shape index (κ2) is 15.7. The van der Waals surface area contributed by atoms with Crippen LogP contribution in [0.1, 0.15) is 6.92 Å². The molecule has 0 rings (SSSR count). The molecule has 0 bridgehead atoms. The molecular weight excluding hydrogens is 249 g/mol. The fourth-order valence-corrected chi connectivity index (χ4v) is 0. The van der Waals surface area contributed by atoms with Crippen LogP contribution in [0.3, 0.4) is 0 Å². The van der Waals surface area contributed by atoms with Crippen LogP contribution in [0.2, 0.25) is 0 Å². The molecule has 8 heavy (non-hydrogen) atoms. The van der Waals surface area contributed by atoms with Gasteiger partial charge >= 0.3 is 33.3 Å². The van der Waals surface area contributed by atoms with Crippen molar-refractivity contribution in [3.63, 3.8) is 0 Å². The minimum Gasteiger partial charge on any atom is 0 e. The van der Waals surface area contributed by atoms with E-state index in [0.29, 0.717) is 0 Å². The summed E-state index contributed by atoms with van der Waals surface area (Å²) in [5, 5.41) is 7.42. The molecule has 1 N–H and O–H groups in total. The number of hydrogen-bond acceptors (Lipinski definition) is 1. The van der Waals surface area contributed by atoms with Crippen molar-refractivity contribution in [2.75, 3.05) is 0 Å². The summed E-state index contributed by atoms with van der Waals surface area (Å²) in [5.74, 6) is -0.833. The number of carboxylic acid groups (broad SMARTS) is 1. The fourth-order valence-electron chi connectivity index (χ4n) is 0. The number of hydrogen-bond donors (Lipinski definition) is 1. The van der Waals surface area contributed by atoms with Gasteiger partial charge in [-0.1, -0.05) is 0 Å². The van der Waals surface area contributed by atoms with E-state index in [0.717, 1.165) is 20.1 Å². The van der Waals surface area contributed by atoms with Gasteiger partial charge in [0.25, 0.3) is 5.97 Å². The number of rotatable bonds is 0. The minimum absolute atomic E-state index is 0. The van der Waals surface area contributed by atoms with Gasteiger partial charge in [0, 0.05) is 23.7 Å². The zero-order valence-electron chi connectivity index (χ0n) is 3.75. The third-order valence-corrected chi connectivity index (χ3v) is 0. The molecule has 58 valence electrons. The second-order valence-electron chi connectivity index (χ2n) is 0.562. The monoisotopic (exact) mass is 252 g/mol. The molecule has 0 saturated heterocycles. The molecule has 0 aliphatic rings. The first kappa shape index (κ1) is 16.0. The SMILES string of the molecule is CC(=O)O.[Cl][Cu][Cl].[Co]. The van der Waals surface area contributed by atoms with E-state index in [4.69, 9.17) is 9.90 Å². The van der Waals surface area contributed by atoms with Crippen molar-refractivity contribution >= 4 is 26.2 Å². The predicted molar refractivity (Wildman–Crippen MR) is 25.0 cm³/mol. The molecule has 0 amide bonds. The van der Waals surface area contributed by atoms with Crippen molar-refractivity contribution in [2.45, 2.75) is 6.92 Å². The summed E-state index contributed by atoms with van der Waals surface area (Å²) in [6.45, 7) is 1.08. The van der Waals surface area contributed by atoms with E-state index in [2.05, 4.69) is 20.2 Å². The van der Waals surface area contributed by atoms with Crippen LogP contribution in [0.25, 0.3) is 0 Å². The molecule has 6 heteroatoms. The standard InChI is InChI=1S/C2H4O2.2ClH.Co.Cu/c1-2(3)4;;;;/h1H3,(H,3,4);2*1H;;/q;;;;+2/p-2. The first-order valence-electron chi connectivity index (χ1n) is 1.16. The van der Waals surface area contributed by atoms with Crippen LogP contribution in [0.5, 0.6) is 0 Å². The maximum atomic E-state index is 9.00. The van der Waals surface area contributed by atoms with Crippen molar-refractivity contribution < 1.29 is 39.8 Å². The van der Waals surface area contributed by atoms with Gasteiger partial charge < -0.3 is 5.11 Å². The van der Waals surface area contributed by atoms with E-state index in [9.17, 15) is 0 Å². The molecule has 0 aliphatic carbocycles. The summed E-state index contributed by atoms with van der Waals surface area (Å²) >= 11 is 0.757. The number of aliphatic carboxylic acids is 1. The van der Waals surface area contributed by atoms with Crippen molar-refractivity contribution in [1.29, 1.82) is 0 Å². The molecule has 0 heterocycles. The van der Waals surface area contributed by atoms with Crippen LogP contribution in [-0.4, -0.2) is 11.1 Å². The van der Waals surface area contributed by atoms with E-state index < -0.39 is 5.97 Å². The van der Waals surface area contributed by atoms with E-state index in [1.54, 1.807) is 0 Å². The van der Waals surface area contributed by atoms with Crippen LogP contribution in [0.15, 0.2) is 0 Å². The molecule has 0 aliphatic heterocycles. The second-order valence-corrected chi connectivity index (χ2v) is 2.12. The summed E-state index contributed by atoms with van der Waals surface area (Å²) < 4.78 is 0. The van der Waals surface area contributed by atoms with Crippen molar-refractivity contribution in [3.05, 3.63) is 0 Å². The quantitative estimate of drug-likeness (QED) is 0.664. The Morgan fingerprint density at radius 3 is 1.62 bits per heavy atom. The Bertz CT molecular complexity index is 49.3. The Kier molecular flexibility index (Phi) is 31.5. The van der Waals surface area contributed by atoms with Crippen LogP contribution in [0, 0.1) is 0 Å². The largest absolute Gasteiger partial charge is 0 e. The van der Waals surface area contributed by atoms with Gasteiger partial charge in [0.05, 0.1) is 0 Å². The summed E-state index contributed by atoms with van der Waals surface area (Å²) in [4.78, 5) is 9.00. The number of carboxylic acids is 1. The van der Waals surface area contributed by atoms with E-state index in [-0.39, 0.29) is 16.8 Å². The third kappa shape index (κ3) is 226. The minimum atomic E-state index is -0.833. The molecule has 0 saturated carbocycles. The molecule has 0 atom stereocenters. The van der Waals surface area contributed by atoms with E-state index in [1.165, 1.54) is 0 Å². The summed E-state index contributed by atoms with van der Waals surface area (Å²) in [6.07, 6.45) is 0. The molecular formula is C2H4Cl2CoCuO2. The summed E-state index contributed by atoms with van der Waals surface area (Å²) in [7, 11) is 9.34. The van der Waals surface area contributed by atoms with Gasteiger partial charge in [-0.2, -0.15) is 0 Å². The van der Waals surface area contributed by atoms with E-state index in [1.807, 2.05) is 0 Å². The molecule has 0 aromatic rings. The van der Waals surface area contributed by atoms with Gasteiger partial charge in [-0.15, -0.1) is 0 Å². The van der Waals surface area contributed by atoms with Gasteiger partial charge in [-0.05, 0) is 0 Å². The zero-order chi connectivity index (χ0) is 6.28. The summed E-state index contributed by atoms with van der Waals surface area (Å²) in [6, 6.07) is 0. The van der Waals surface area contributed by atoms with Crippen LogP contribution in [-0.2, 0) is 34.7 Å². The van der Waals surface area contributed by atoms with Crippen molar-refractivity contribution in [2.24, 2.45) is 0 Å². The molecule has 0 unspecified atom stereocenters. The predicted octanol–water partition coefficient (Wildman–Crippen LogP) is 1.46. The smallest absolute Gasteiger partial charge is 0 e. The normalized spacial score (nSPS) is 5.88. The van der Waals surface area contributed by atoms with Gasteiger partial charge in [0.1, 0.15) is 0 Å². The Balaban J connectivity index is -0.0000000575. The van der Waals surface area contributed by atoms with Crippen molar-refractivity contribution in [3.8, 4) is 0 Å². The molecule has 0 fully saturated rings. The first-order valence-corrected chi connectivity index (χ1v) is 3.75. The number of carbonyl (C=O) groups is 1. The Morgan fingerprint density at radius 2 is 1.62 bits per heavy atom. The van der Waals surface area contributed by atoms with Crippen molar-refractivity contribution in [1.82, 2.24) is 0 Å². The third-order valence-electron chi connectivity index (χ3n) is 0. The Hall–Kier alpha value is 1.08. The Labute approximate surface area is 72.7 Å².